The molecule has 0 fully saturated rings. The van der Waals surface area contributed by atoms with Crippen LogP contribution >= 0.6 is 0 Å². The monoisotopic (exact) mass is 198 g/mol. The van der Waals surface area contributed by atoms with Crippen molar-refractivity contribution in [3.05, 3.63) is 0 Å². The van der Waals surface area contributed by atoms with Gasteiger partial charge in [-0.15, -0.1) is 0 Å². The summed E-state index contributed by atoms with van der Waals surface area (Å²) in [5, 5.41) is 12.2. The molecule has 0 aromatic rings. The molecule has 82 valence electrons. The molecule has 0 amide bonds. The molecule has 3 heteroatoms. The van der Waals surface area contributed by atoms with E-state index in [1.165, 1.54) is 12.3 Å². The Kier molecular flexibility index (Phi) is 4.39. The fourth-order valence-electron chi connectivity index (χ4n) is 1.67. The fraction of sp³-hybridized carbons (Fsp3) is 0.909. The van der Waals surface area contributed by atoms with Gasteiger partial charge in [-0.25, -0.2) is 0 Å². The molecule has 1 rings (SSSR count). The lowest BCUT2D eigenvalue weighted by Gasteiger charge is -2.25. The highest BCUT2D eigenvalue weighted by Gasteiger charge is 2.18. The molecule has 0 spiro atoms. The Balaban J connectivity index is 2.20. The van der Waals surface area contributed by atoms with Crippen molar-refractivity contribution in [3.8, 4) is 0 Å². The van der Waals surface area contributed by atoms with Crippen LogP contribution in [0, 0.1) is 5.41 Å². The average molecular weight is 198 g/mol. The predicted octanol–water partition coefficient (Wildman–Crippen LogP) is 1.57. The summed E-state index contributed by atoms with van der Waals surface area (Å²) < 4.78 is 0. The molecular weight excluding hydrogens is 176 g/mol. The topological polar surface area (TPSA) is 44.6 Å². The van der Waals surface area contributed by atoms with Gasteiger partial charge in [-0.1, -0.05) is 13.8 Å². The molecule has 1 aliphatic heterocycles. The number of rotatable bonds is 5. The van der Waals surface area contributed by atoms with Gasteiger partial charge in [0.25, 0.3) is 0 Å². The Morgan fingerprint density at radius 2 is 2.29 bits per heavy atom. The third-order valence-electron chi connectivity index (χ3n) is 2.66. The molecule has 14 heavy (non-hydrogen) atoms. The zero-order chi connectivity index (χ0) is 10.4. The molecule has 0 aromatic heterocycles. The number of amidine groups is 1. The third kappa shape index (κ3) is 4.09. The maximum absolute atomic E-state index is 8.77. The van der Waals surface area contributed by atoms with E-state index >= 15 is 0 Å². The SMILES string of the molecule is CC(C)(CCCO)CNC1=NCCC1. The Labute approximate surface area is 86.6 Å². The van der Waals surface area contributed by atoms with Gasteiger partial charge >= 0.3 is 0 Å². The molecule has 0 unspecified atom stereocenters. The molecule has 0 aliphatic carbocycles. The van der Waals surface area contributed by atoms with E-state index in [-0.39, 0.29) is 5.41 Å². The number of nitrogens with one attached hydrogen (secondary N) is 1. The molecular formula is C11H22N2O. The maximum Gasteiger partial charge on any atom is 0.0963 e. The van der Waals surface area contributed by atoms with Gasteiger partial charge < -0.3 is 10.4 Å². The van der Waals surface area contributed by atoms with Crippen molar-refractivity contribution < 1.29 is 5.11 Å². The number of nitrogens with zero attached hydrogens (tertiary/aromatic N) is 1. The van der Waals surface area contributed by atoms with Crippen LogP contribution in [0.5, 0.6) is 0 Å². The normalized spacial score (nSPS) is 16.9. The molecule has 1 heterocycles. The van der Waals surface area contributed by atoms with Gasteiger partial charge in [-0.3, -0.25) is 4.99 Å². The first-order chi connectivity index (χ1) is 6.64. The Bertz CT molecular complexity index is 199. The van der Waals surface area contributed by atoms with Crippen molar-refractivity contribution in [1.29, 1.82) is 0 Å². The molecule has 1 aliphatic rings. The summed E-state index contributed by atoms with van der Waals surface area (Å²) in [6, 6.07) is 0. The van der Waals surface area contributed by atoms with Crippen LogP contribution in [0.2, 0.25) is 0 Å². The van der Waals surface area contributed by atoms with Crippen molar-refractivity contribution in [3.63, 3.8) is 0 Å². The number of aliphatic hydroxyl groups is 1. The highest BCUT2D eigenvalue weighted by molar-refractivity contribution is 5.83. The summed E-state index contributed by atoms with van der Waals surface area (Å²) in [6.45, 7) is 6.70. The summed E-state index contributed by atoms with van der Waals surface area (Å²) in [6.07, 6.45) is 4.25. The second-order valence-electron chi connectivity index (χ2n) is 4.78. The Morgan fingerprint density at radius 1 is 1.50 bits per heavy atom. The molecule has 0 atom stereocenters. The van der Waals surface area contributed by atoms with Crippen molar-refractivity contribution >= 4 is 5.84 Å². The quantitative estimate of drug-likeness (QED) is 0.704. The average Bonchev–Trinajstić information content (AvgIpc) is 2.64. The smallest absolute Gasteiger partial charge is 0.0963 e. The third-order valence-corrected chi connectivity index (χ3v) is 2.66. The zero-order valence-electron chi connectivity index (χ0n) is 9.34. The van der Waals surface area contributed by atoms with E-state index < -0.39 is 0 Å². The van der Waals surface area contributed by atoms with E-state index in [0.717, 1.165) is 32.4 Å². The van der Waals surface area contributed by atoms with E-state index in [0.29, 0.717) is 6.61 Å². The van der Waals surface area contributed by atoms with Crippen molar-refractivity contribution in [2.75, 3.05) is 19.7 Å². The highest BCUT2D eigenvalue weighted by atomic mass is 16.2. The molecule has 0 aromatic carbocycles. The number of hydrogen-bond acceptors (Lipinski definition) is 3. The van der Waals surface area contributed by atoms with Gasteiger partial charge in [0, 0.05) is 26.1 Å². The summed E-state index contributed by atoms with van der Waals surface area (Å²) in [7, 11) is 0. The van der Waals surface area contributed by atoms with Crippen molar-refractivity contribution in [2.24, 2.45) is 10.4 Å². The lowest BCUT2D eigenvalue weighted by Crippen LogP contribution is -2.33. The number of hydrogen-bond donors (Lipinski definition) is 2. The van der Waals surface area contributed by atoms with Crippen molar-refractivity contribution in [2.45, 2.75) is 39.5 Å². The number of aliphatic imine (C=N–C) groups is 1. The lowest BCUT2D eigenvalue weighted by atomic mass is 9.88. The first kappa shape index (κ1) is 11.5. The van der Waals surface area contributed by atoms with Crippen LogP contribution in [0.25, 0.3) is 0 Å². The largest absolute Gasteiger partial charge is 0.396 e. The minimum atomic E-state index is 0.258. The van der Waals surface area contributed by atoms with Crippen LogP contribution in [-0.4, -0.2) is 30.6 Å². The van der Waals surface area contributed by atoms with Gasteiger partial charge in [0.15, 0.2) is 0 Å². The van der Waals surface area contributed by atoms with Gasteiger partial charge in [0.05, 0.1) is 5.84 Å². The molecule has 0 saturated heterocycles. The second kappa shape index (κ2) is 5.35. The fourth-order valence-corrected chi connectivity index (χ4v) is 1.67. The minimum Gasteiger partial charge on any atom is -0.396 e. The molecule has 0 bridgehead atoms. The van der Waals surface area contributed by atoms with Crippen molar-refractivity contribution in [1.82, 2.24) is 5.32 Å². The first-order valence-electron chi connectivity index (χ1n) is 5.52. The molecule has 2 N–H and O–H groups in total. The van der Waals surface area contributed by atoms with E-state index in [9.17, 15) is 0 Å². The predicted molar refractivity (Wildman–Crippen MR) is 59.6 cm³/mol. The lowest BCUT2D eigenvalue weighted by molar-refractivity contribution is 0.241. The van der Waals surface area contributed by atoms with Gasteiger partial charge in [0.1, 0.15) is 0 Å². The Hall–Kier alpha value is -0.570. The van der Waals surface area contributed by atoms with E-state index in [4.69, 9.17) is 5.11 Å². The van der Waals surface area contributed by atoms with Gasteiger partial charge in [0.2, 0.25) is 0 Å². The highest BCUT2D eigenvalue weighted by Crippen LogP contribution is 2.21. The maximum atomic E-state index is 8.77. The summed E-state index contributed by atoms with van der Waals surface area (Å²) in [4.78, 5) is 4.38. The standard InChI is InChI=1S/C11H22N2O/c1-11(2,6-4-8-14)9-13-10-5-3-7-12-10/h14H,3-9H2,1-2H3,(H,12,13). The summed E-state index contributed by atoms with van der Waals surface area (Å²) >= 11 is 0. The summed E-state index contributed by atoms with van der Waals surface area (Å²) in [5.74, 6) is 1.17. The van der Waals surface area contributed by atoms with E-state index in [1.54, 1.807) is 0 Å². The second-order valence-corrected chi connectivity index (χ2v) is 4.78. The zero-order valence-corrected chi connectivity index (χ0v) is 9.34. The summed E-state index contributed by atoms with van der Waals surface area (Å²) in [5.41, 5.74) is 0.258. The first-order valence-corrected chi connectivity index (χ1v) is 5.52. The van der Waals surface area contributed by atoms with Crippen LogP contribution in [0.15, 0.2) is 4.99 Å². The molecule has 3 nitrogen and oxygen atoms in total. The van der Waals surface area contributed by atoms with Crippen LogP contribution in [-0.2, 0) is 0 Å². The minimum absolute atomic E-state index is 0.258. The van der Waals surface area contributed by atoms with Crippen LogP contribution in [0.1, 0.15) is 39.5 Å². The van der Waals surface area contributed by atoms with Crippen LogP contribution in [0.3, 0.4) is 0 Å². The number of aliphatic hydroxyl groups excluding tert-OH is 1. The van der Waals surface area contributed by atoms with E-state index in [2.05, 4.69) is 24.2 Å². The molecule has 0 radical (unpaired) electrons. The van der Waals surface area contributed by atoms with Crippen LogP contribution in [0.4, 0.5) is 0 Å². The van der Waals surface area contributed by atoms with Crippen LogP contribution < -0.4 is 5.32 Å². The van der Waals surface area contributed by atoms with E-state index in [1.807, 2.05) is 0 Å². The Morgan fingerprint density at radius 3 is 2.86 bits per heavy atom. The molecule has 0 saturated carbocycles. The van der Waals surface area contributed by atoms with Gasteiger partial charge in [-0.2, -0.15) is 0 Å². The van der Waals surface area contributed by atoms with Gasteiger partial charge in [-0.05, 0) is 24.7 Å².